The van der Waals surface area contributed by atoms with Crippen molar-refractivity contribution in [3.63, 3.8) is 0 Å². The number of benzene rings is 1. The fourth-order valence-corrected chi connectivity index (χ4v) is 3.86. The first-order valence-corrected chi connectivity index (χ1v) is 9.39. The van der Waals surface area contributed by atoms with Crippen molar-refractivity contribution in [3.8, 4) is 17.1 Å². The van der Waals surface area contributed by atoms with Gasteiger partial charge in [-0.25, -0.2) is 0 Å². The van der Waals surface area contributed by atoms with Gasteiger partial charge in [0.2, 0.25) is 0 Å². The summed E-state index contributed by atoms with van der Waals surface area (Å²) < 4.78 is 6.91. The van der Waals surface area contributed by atoms with Gasteiger partial charge in [-0.15, -0.1) is 0 Å². The molecule has 27 heavy (non-hydrogen) atoms. The minimum absolute atomic E-state index is 0.136. The van der Waals surface area contributed by atoms with Crippen LogP contribution in [0.25, 0.3) is 22.2 Å². The first kappa shape index (κ1) is 17.7. The number of carbonyl (C=O) groups excluding carboxylic acids is 1. The van der Waals surface area contributed by atoms with E-state index in [4.69, 9.17) is 16.3 Å². The molecule has 0 aliphatic heterocycles. The maximum atomic E-state index is 13.2. The molecule has 0 spiro atoms. The molecule has 0 fully saturated rings. The first-order chi connectivity index (χ1) is 13.1. The summed E-state index contributed by atoms with van der Waals surface area (Å²) in [6, 6.07) is 6.78. The highest BCUT2D eigenvalue weighted by Gasteiger charge is 2.34. The van der Waals surface area contributed by atoms with Crippen molar-refractivity contribution >= 4 is 28.2 Å². The number of nitrogens with zero attached hydrogens (tertiary/aromatic N) is 2. The normalized spacial score (nSPS) is 12.3. The third kappa shape index (κ3) is 2.73. The number of halogens is 1. The zero-order valence-electron chi connectivity index (χ0n) is 15.2. The number of ether oxygens (including phenoxy) is 1. The van der Waals surface area contributed by atoms with Crippen molar-refractivity contribution in [3.05, 3.63) is 57.0 Å². The smallest absolute Gasteiger partial charge is 0.259 e. The van der Waals surface area contributed by atoms with Gasteiger partial charge in [0.15, 0.2) is 5.78 Å². The van der Waals surface area contributed by atoms with Gasteiger partial charge in [0.05, 0.1) is 35.8 Å². The highest BCUT2D eigenvalue weighted by molar-refractivity contribution is 6.32. The first-order valence-electron chi connectivity index (χ1n) is 9.02. The summed E-state index contributed by atoms with van der Waals surface area (Å²) in [6.07, 6.45) is 4.48. The number of ketones is 1. The van der Waals surface area contributed by atoms with E-state index < -0.39 is 0 Å². The highest BCUT2D eigenvalue weighted by Crippen LogP contribution is 2.39. The molecule has 1 aliphatic carbocycles. The molecule has 0 amide bonds. The lowest BCUT2D eigenvalue weighted by molar-refractivity contribution is 0.104. The Labute approximate surface area is 161 Å². The Balaban J connectivity index is 2.06. The number of aromatic nitrogens is 2. The molecule has 138 valence electrons. The third-order valence-corrected chi connectivity index (χ3v) is 5.25. The van der Waals surface area contributed by atoms with E-state index in [1.807, 2.05) is 0 Å². The Morgan fingerprint density at radius 3 is 2.70 bits per heavy atom. The maximum absolute atomic E-state index is 13.2. The van der Waals surface area contributed by atoms with E-state index in [1.54, 1.807) is 35.0 Å². The van der Waals surface area contributed by atoms with Gasteiger partial charge in [0, 0.05) is 22.3 Å². The number of methoxy groups -OCH3 is 1. The lowest BCUT2D eigenvalue weighted by atomic mass is 10.0. The molecule has 6 heteroatoms. The van der Waals surface area contributed by atoms with Crippen molar-refractivity contribution in [2.45, 2.75) is 32.7 Å². The molecule has 0 saturated heterocycles. The molecule has 5 nitrogen and oxygen atoms in total. The highest BCUT2D eigenvalue weighted by atomic mass is 35.5. The van der Waals surface area contributed by atoms with Crippen LogP contribution in [0, 0.1) is 0 Å². The van der Waals surface area contributed by atoms with Crippen LogP contribution >= 0.6 is 11.6 Å². The van der Waals surface area contributed by atoms with Gasteiger partial charge in [0.1, 0.15) is 5.75 Å². The van der Waals surface area contributed by atoms with Crippen molar-refractivity contribution in [2.24, 2.45) is 0 Å². The predicted octanol–water partition coefficient (Wildman–Crippen LogP) is 4.46. The van der Waals surface area contributed by atoms with Crippen LogP contribution in [0.5, 0.6) is 5.75 Å². The molecule has 0 radical (unpaired) electrons. The molecule has 2 heterocycles. The van der Waals surface area contributed by atoms with Crippen LogP contribution in [0.15, 0.2) is 35.3 Å². The summed E-state index contributed by atoms with van der Waals surface area (Å²) in [5, 5.41) is 1.56. The van der Waals surface area contributed by atoms with Crippen LogP contribution in [0.2, 0.25) is 5.02 Å². The molecule has 2 aromatic heterocycles. The van der Waals surface area contributed by atoms with Crippen LogP contribution in [-0.2, 0) is 6.54 Å². The minimum atomic E-state index is -0.138. The molecule has 0 N–H and O–H groups in total. The van der Waals surface area contributed by atoms with Crippen LogP contribution in [0.3, 0.4) is 0 Å². The molecule has 0 atom stereocenters. The molecule has 1 aliphatic rings. The summed E-state index contributed by atoms with van der Waals surface area (Å²) in [6.45, 7) is 2.65. The van der Waals surface area contributed by atoms with E-state index in [0.29, 0.717) is 50.6 Å². The van der Waals surface area contributed by atoms with E-state index in [2.05, 4.69) is 11.9 Å². The molecule has 1 aromatic carbocycles. The Morgan fingerprint density at radius 1 is 1.15 bits per heavy atom. The second-order valence-corrected chi connectivity index (χ2v) is 7.11. The number of fused-ring (bicyclic) bond motifs is 5. The van der Waals surface area contributed by atoms with Gasteiger partial charge < -0.3 is 9.30 Å². The Bertz CT molecular complexity index is 1130. The van der Waals surface area contributed by atoms with Gasteiger partial charge in [-0.2, -0.15) is 0 Å². The van der Waals surface area contributed by atoms with Crippen molar-refractivity contribution < 1.29 is 9.53 Å². The number of unbranched alkanes of at least 4 members (excludes halogenated alkanes) is 2. The maximum Gasteiger partial charge on any atom is 0.259 e. The van der Waals surface area contributed by atoms with E-state index in [-0.39, 0.29) is 11.3 Å². The third-order valence-electron chi connectivity index (χ3n) is 5.01. The predicted molar refractivity (Wildman–Crippen MR) is 106 cm³/mol. The summed E-state index contributed by atoms with van der Waals surface area (Å²) in [4.78, 5) is 30.9. The summed E-state index contributed by atoms with van der Waals surface area (Å²) in [5.41, 5.74) is 2.00. The average Bonchev–Trinajstić information content (AvgIpc) is 2.96. The molecular formula is C21H19ClN2O3. The van der Waals surface area contributed by atoms with Gasteiger partial charge >= 0.3 is 0 Å². The van der Waals surface area contributed by atoms with Crippen LogP contribution in [-0.4, -0.2) is 22.4 Å². The van der Waals surface area contributed by atoms with Crippen LogP contribution in [0.1, 0.15) is 42.1 Å². The lowest BCUT2D eigenvalue weighted by Crippen LogP contribution is -2.23. The number of pyridine rings is 2. The number of hydrogen-bond acceptors (Lipinski definition) is 4. The fourth-order valence-electron chi connectivity index (χ4n) is 3.68. The van der Waals surface area contributed by atoms with Crippen molar-refractivity contribution in [2.75, 3.05) is 7.11 Å². The standard InChI is InChI=1S/C21H19ClN2O3/c1-3-4-5-8-24-19-17(14-7-6-12(22)9-15(14)21(24)26)20(25)16-10-13(27-2)11-23-18(16)19/h6-7,9-11H,3-5,8H2,1-2H3. The Morgan fingerprint density at radius 2 is 1.96 bits per heavy atom. The number of rotatable bonds is 5. The van der Waals surface area contributed by atoms with Gasteiger partial charge in [0.25, 0.3) is 5.56 Å². The molecule has 4 rings (SSSR count). The zero-order chi connectivity index (χ0) is 19.1. The lowest BCUT2D eigenvalue weighted by Gasteiger charge is -2.14. The van der Waals surface area contributed by atoms with Crippen molar-refractivity contribution in [1.82, 2.24) is 9.55 Å². The molecular weight excluding hydrogens is 364 g/mol. The molecule has 0 saturated carbocycles. The number of carbonyl (C=O) groups is 1. The van der Waals surface area contributed by atoms with E-state index in [1.165, 1.54) is 7.11 Å². The second-order valence-electron chi connectivity index (χ2n) is 6.68. The average molecular weight is 383 g/mol. The topological polar surface area (TPSA) is 61.2 Å². The van der Waals surface area contributed by atoms with Gasteiger partial charge in [-0.05, 0) is 24.6 Å². The second kappa shape index (κ2) is 6.82. The van der Waals surface area contributed by atoms with Crippen LogP contribution < -0.4 is 10.3 Å². The summed E-state index contributed by atoms with van der Waals surface area (Å²) in [5.74, 6) is 0.380. The SMILES string of the molecule is CCCCCn1c2c(c3ccc(Cl)cc3c1=O)C(=O)c1cc(OC)cnc1-2. The molecule has 3 aromatic rings. The molecule has 0 bridgehead atoms. The Hall–Kier alpha value is -2.66. The van der Waals surface area contributed by atoms with Gasteiger partial charge in [-0.1, -0.05) is 37.4 Å². The quantitative estimate of drug-likeness (QED) is 0.478. The zero-order valence-corrected chi connectivity index (χ0v) is 16.0. The van der Waals surface area contributed by atoms with E-state index >= 15 is 0 Å². The van der Waals surface area contributed by atoms with Gasteiger partial charge in [-0.3, -0.25) is 14.6 Å². The summed E-state index contributed by atoms with van der Waals surface area (Å²) >= 11 is 6.12. The minimum Gasteiger partial charge on any atom is -0.495 e. The number of hydrogen-bond donors (Lipinski definition) is 0. The molecule has 0 unspecified atom stereocenters. The summed E-state index contributed by atoms with van der Waals surface area (Å²) in [7, 11) is 1.54. The van der Waals surface area contributed by atoms with Crippen LogP contribution in [0.4, 0.5) is 0 Å². The fraction of sp³-hybridized carbons (Fsp3) is 0.286. The monoisotopic (exact) mass is 382 g/mol. The van der Waals surface area contributed by atoms with Crippen molar-refractivity contribution in [1.29, 1.82) is 0 Å². The van der Waals surface area contributed by atoms with E-state index in [9.17, 15) is 9.59 Å². The van der Waals surface area contributed by atoms with E-state index in [0.717, 1.165) is 19.3 Å². The largest absolute Gasteiger partial charge is 0.495 e. The Kier molecular flexibility index (Phi) is 4.48.